The van der Waals surface area contributed by atoms with Gasteiger partial charge in [0.15, 0.2) is 5.58 Å². The number of benzene rings is 2. The van der Waals surface area contributed by atoms with Gasteiger partial charge in [-0.2, -0.15) is 4.98 Å². The number of halogens is 1. The van der Waals surface area contributed by atoms with Crippen molar-refractivity contribution in [1.82, 2.24) is 14.9 Å². The smallest absolute Gasteiger partial charge is 0.394 e. The summed E-state index contributed by atoms with van der Waals surface area (Å²) >= 11 is 6.09. The SMILES string of the molecule is Clc1ccc(C(OC2CCN(CCOc3nc4ccccc4o3)CC2)c2ccccn2)cc1. The van der Waals surface area contributed by atoms with Crippen molar-refractivity contribution in [1.29, 1.82) is 0 Å². The lowest BCUT2D eigenvalue weighted by Gasteiger charge is -2.33. The topological polar surface area (TPSA) is 60.6 Å². The Balaban J connectivity index is 1.14. The Hall–Kier alpha value is -2.93. The molecule has 1 aliphatic rings. The van der Waals surface area contributed by atoms with Crippen molar-refractivity contribution >= 4 is 22.7 Å². The fourth-order valence-electron chi connectivity index (χ4n) is 4.12. The molecule has 3 heterocycles. The number of hydrogen-bond donors (Lipinski definition) is 0. The number of likely N-dealkylation sites (tertiary alicyclic amines) is 1. The molecular weight excluding hydrogens is 438 g/mol. The molecule has 7 heteroatoms. The zero-order chi connectivity index (χ0) is 22.5. The third-order valence-corrected chi connectivity index (χ3v) is 6.15. The second kappa shape index (κ2) is 10.3. The van der Waals surface area contributed by atoms with Crippen molar-refractivity contribution in [3.8, 4) is 6.08 Å². The van der Waals surface area contributed by atoms with Crippen LogP contribution < -0.4 is 4.74 Å². The van der Waals surface area contributed by atoms with E-state index in [-0.39, 0.29) is 12.2 Å². The van der Waals surface area contributed by atoms with Gasteiger partial charge in [0.05, 0.1) is 11.8 Å². The first-order valence-corrected chi connectivity index (χ1v) is 11.6. The van der Waals surface area contributed by atoms with E-state index in [0.717, 1.165) is 54.8 Å². The van der Waals surface area contributed by atoms with E-state index in [1.807, 2.05) is 66.7 Å². The molecule has 1 saturated heterocycles. The van der Waals surface area contributed by atoms with Gasteiger partial charge in [0.2, 0.25) is 0 Å². The lowest BCUT2D eigenvalue weighted by molar-refractivity contribution is -0.0300. The van der Waals surface area contributed by atoms with Crippen LogP contribution in [0.1, 0.15) is 30.2 Å². The Morgan fingerprint density at radius 1 is 1.00 bits per heavy atom. The van der Waals surface area contributed by atoms with E-state index in [2.05, 4.69) is 14.9 Å². The maximum absolute atomic E-state index is 6.57. The van der Waals surface area contributed by atoms with E-state index in [0.29, 0.717) is 17.7 Å². The van der Waals surface area contributed by atoms with Crippen LogP contribution >= 0.6 is 11.6 Å². The first-order valence-electron chi connectivity index (χ1n) is 11.3. The highest BCUT2D eigenvalue weighted by molar-refractivity contribution is 6.30. The highest BCUT2D eigenvalue weighted by Crippen LogP contribution is 2.30. The average Bonchev–Trinajstić information content (AvgIpc) is 3.28. The van der Waals surface area contributed by atoms with Crippen LogP contribution in [0.5, 0.6) is 6.08 Å². The molecule has 6 nitrogen and oxygen atoms in total. The molecule has 0 N–H and O–H groups in total. The van der Waals surface area contributed by atoms with Crippen LogP contribution in [-0.4, -0.2) is 47.2 Å². The first-order chi connectivity index (χ1) is 16.2. The Labute approximate surface area is 198 Å². The summed E-state index contributed by atoms with van der Waals surface area (Å²) in [5.41, 5.74) is 3.53. The maximum atomic E-state index is 6.57. The minimum atomic E-state index is -0.206. The number of pyridine rings is 1. The number of rotatable bonds is 8. The molecule has 0 spiro atoms. The average molecular weight is 464 g/mol. The Morgan fingerprint density at radius 3 is 2.55 bits per heavy atom. The van der Waals surface area contributed by atoms with Crippen LogP contribution in [-0.2, 0) is 4.74 Å². The molecule has 5 rings (SSSR count). The van der Waals surface area contributed by atoms with Gasteiger partial charge in [0.1, 0.15) is 18.2 Å². The lowest BCUT2D eigenvalue weighted by Crippen LogP contribution is -2.39. The van der Waals surface area contributed by atoms with E-state index in [1.54, 1.807) is 6.20 Å². The van der Waals surface area contributed by atoms with Gasteiger partial charge < -0.3 is 13.9 Å². The molecule has 0 bridgehead atoms. The van der Waals surface area contributed by atoms with Crippen LogP contribution in [0.3, 0.4) is 0 Å². The largest absolute Gasteiger partial charge is 0.449 e. The molecule has 1 atom stereocenters. The Kier molecular flexibility index (Phi) is 6.86. The van der Waals surface area contributed by atoms with Crippen LogP contribution in [0.25, 0.3) is 11.1 Å². The number of hydrogen-bond acceptors (Lipinski definition) is 6. The van der Waals surface area contributed by atoms with E-state index in [4.69, 9.17) is 25.5 Å². The zero-order valence-corrected chi connectivity index (χ0v) is 19.0. The van der Waals surface area contributed by atoms with Crippen molar-refractivity contribution in [3.05, 3.63) is 89.2 Å². The van der Waals surface area contributed by atoms with Gasteiger partial charge in [0, 0.05) is 30.9 Å². The van der Waals surface area contributed by atoms with Crippen molar-refractivity contribution in [2.45, 2.75) is 25.0 Å². The second-order valence-corrected chi connectivity index (χ2v) is 8.60. The fourth-order valence-corrected chi connectivity index (χ4v) is 4.25. The molecule has 2 aromatic heterocycles. The number of aromatic nitrogens is 2. The van der Waals surface area contributed by atoms with Gasteiger partial charge in [-0.1, -0.05) is 41.9 Å². The number of oxazole rings is 1. The number of nitrogens with zero attached hydrogens (tertiary/aromatic N) is 3. The predicted molar refractivity (Wildman–Crippen MR) is 128 cm³/mol. The van der Waals surface area contributed by atoms with Gasteiger partial charge in [-0.15, -0.1) is 0 Å². The van der Waals surface area contributed by atoms with Gasteiger partial charge in [-0.05, 0) is 54.8 Å². The maximum Gasteiger partial charge on any atom is 0.394 e. The molecule has 0 aliphatic carbocycles. The van der Waals surface area contributed by atoms with E-state index in [1.165, 1.54) is 0 Å². The van der Waals surface area contributed by atoms with Gasteiger partial charge >= 0.3 is 6.08 Å². The summed E-state index contributed by atoms with van der Waals surface area (Å²) in [6.45, 7) is 3.28. The molecule has 170 valence electrons. The quantitative estimate of drug-likeness (QED) is 0.342. The van der Waals surface area contributed by atoms with E-state index >= 15 is 0 Å². The van der Waals surface area contributed by atoms with Crippen LogP contribution in [0, 0.1) is 0 Å². The normalized spacial score (nSPS) is 16.2. The Bertz CT molecular complexity index is 1130. The highest BCUT2D eigenvalue weighted by Gasteiger charge is 2.25. The molecule has 1 aliphatic heterocycles. The molecule has 0 radical (unpaired) electrons. The minimum Gasteiger partial charge on any atom is -0.449 e. The van der Waals surface area contributed by atoms with Crippen molar-refractivity contribution in [2.75, 3.05) is 26.2 Å². The molecular formula is C26H26ClN3O3. The molecule has 33 heavy (non-hydrogen) atoms. The summed E-state index contributed by atoms with van der Waals surface area (Å²) < 4.78 is 17.9. The summed E-state index contributed by atoms with van der Waals surface area (Å²) in [7, 11) is 0. The number of para-hydroxylation sites is 2. The highest BCUT2D eigenvalue weighted by atomic mass is 35.5. The van der Waals surface area contributed by atoms with Gasteiger partial charge in [-0.25, -0.2) is 0 Å². The number of piperidine rings is 1. The van der Waals surface area contributed by atoms with Crippen molar-refractivity contribution < 1.29 is 13.9 Å². The number of ether oxygens (including phenoxy) is 2. The van der Waals surface area contributed by atoms with Crippen molar-refractivity contribution in [3.63, 3.8) is 0 Å². The number of fused-ring (bicyclic) bond motifs is 1. The molecule has 1 unspecified atom stereocenters. The summed E-state index contributed by atoms with van der Waals surface area (Å²) in [4.78, 5) is 11.3. The molecule has 4 aromatic rings. The van der Waals surface area contributed by atoms with E-state index in [9.17, 15) is 0 Å². The molecule has 2 aromatic carbocycles. The predicted octanol–water partition coefficient (Wildman–Crippen LogP) is 5.53. The monoisotopic (exact) mass is 463 g/mol. The lowest BCUT2D eigenvalue weighted by atomic mass is 10.0. The van der Waals surface area contributed by atoms with Gasteiger partial charge in [-0.3, -0.25) is 9.88 Å². The summed E-state index contributed by atoms with van der Waals surface area (Å²) in [6, 6.07) is 21.4. The molecule has 0 saturated carbocycles. The minimum absolute atomic E-state index is 0.168. The summed E-state index contributed by atoms with van der Waals surface area (Å²) in [6.07, 6.45) is 4.01. The first kappa shape index (κ1) is 21.9. The summed E-state index contributed by atoms with van der Waals surface area (Å²) in [5, 5.41) is 0.715. The van der Waals surface area contributed by atoms with Crippen LogP contribution in [0.15, 0.2) is 77.3 Å². The standard InChI is InChI=1S/C26H26ClN3O3/c27-20-10-8-19(9-11-20)25(23-6-3-4-14-28-23)32-21-12-15-30(16-13-21)17-18-31-26-29-22-5-1-2-7-24(22)33-26/h1-11,14,21,25H,12-13,15-18H2. The Morgan fingerprint density at radius 2 is 1.79 bits per heavy atom. The summed E-state index contributed by atoms with van der Waals surface area (Å²) in [5.74, 6) is 0. The second-order valence-electron chi connectivity index (χ2n) is 8.16. The third kappa shape index (κ3) is 5.53. The molecule has 0 amide bonds. The fraction of sp³-hybridized carbons (Fsp3) is 0.308. The molecule has 1 fully saturated rings. The van der Waals surface area contributed by atoms with E-state index < -0.39 is 0 Å². The zero-order valence-electron chi connectivity index (χ0n) is 18.3. The van der Waals surface area contributed by atoms with Crippen LogP contribution in [0.4, 0.5) is 0 Å². The van der Waals surface area contributed by atoms with Crippen molar-refractivity contribution in [2.24, 2.45) is 0 Å². The van der Waals surface area contributed by atoms with Gasteiger partial charge in [0.25, 0.3) is 0 Å². The third-order valence-electron chi connectivity index (χ3n) is 5.90. The van der Waals surface area contributed by atoms with Crippen LogP contribution in [0.2, 0.25) is 5.02 Å².